The summed E-state index contributed by atoms with van der Waals surface area (Å²) in [6, 6.07) is 18.4. The predicted molar refractivity (Wildman–Crippen MR) is 78.2 cm³/mol. The zero-order valence-corrected chi connectivity index (χ0v) is 10.9. The Bertz CT molecular complexity index is 606. The van der Waals surface area contributed by atoms with Gasteiger partial charge in [0.05, 0.1) is 6.04 Å². The summed E-state index contributed by atoms with van der Waals surface area (Å²) in [5.41, 5.74) is 5.68. The maximum absolute atomic E-state index is 3.72. The molecule has 2 atom stereocenters. The molecule has 2 heterocycles. The van der Waals surface area contributed by atoms with Crippen LogP contribution in [0.5, 0.6) is 0 Å². The number of para-hydroxylation sites is 1. The van der Waals surface area contributed by atoms with Gasteiger partial charge in [0, 0.05) is 18.3 Å². The molecule has 2 unspecified atom stereocenters. The highest BCUT2D eigenvalue weighted by atomic mass is 15.0. The molecule has 0 bridgehead atoms. The topological polar surface area (TPSA) is 24.1 Å². The van der Waals surface area contributed by atoms with E-state index in [1.54, 1.807) is 0 Å². The van der Waals surface area contributed by atoms with Gasteiger partial charge in [-0.3, -0.25) is 0 Å². The number of hydrogen-bond donors (Lipinski definition) is 2. The summed E-state index contributed by atoms with van der Waals surface area (Å²) in [5.74, 6) is 0. The van der Waals surface area contributed by atoms with Crippen LogP contribution in [0.2, 0.25) is 0 Å². The molecular formula is C17H18N2. The highest BCUT2D eigenvalue weighted by molar-refractivity contribution is 5.54. The van der Waals surface area contributed by atoms with Crippen molar-refractivity contribution >= 4 is 5.69 Å². The lowest BCUT2D eigenvalue weighted by Crippen LogP contribution is -2.36. The van der Waals surface area contributed by atoms with Crippen molar-refractivity contribution < 1.29 is 0 Å². The van der Waals surface area contributed by atoms with E-state index in [2.05, 4.69) is 59.2 Å². The minimum atomic E-state index is 0.449. The second-order valence-electron chi connectivity index (χ2n) is 5.50. The van der Waals surface area contributed by atoms with Crippen molar-refractivity contribution in [2.75, 3.05) is 5.32 Å². The Morgan fingerprint density at radius 3 is 2.63 bits per heavy atom. The molecule has 2 aliphatic rings. The number of aryl methyl sites for hydroxylation is 1. The minimum absolute atomic E-state index is 0.449. The summed E-state index contributed by atoms with van der Waals surface area (Å²) in [6.07, 6.45) is 2.37. The quantitative estimate of drug-likeness (QED) is 0.811. The third-order valence-electron chi connectivity index (χ3n) is 4.39. The van der Waals surface area contributed by atoms with Crippen molar-refractivity contribution in [2.24, 2.45) is 0 Å². The molecule has 2 nitrogen and oxygen atoms in total. The molecule has 2 aliphatic heterocycles. The lowest BCUT2D eigenvalue weighted by molar-refractivity contribution is 0.465. The molecule has 0 radical (unpaired) electrons. The van der Waals surface area contributed by atoms with Crippen LogP contribution in [-0.4, -0.2) is 6.04 Å². The van der Waals surface area contributed by atoms with Crippen LogP contribution in [0.4, 0.5) is 5.69 Å². The third kappa shape index (κ3) is 1.83. The van der Waals surface area contributed by atoms with Crippen LogP contribution in [0.1, 0.15) is 29.2 Å². The summed E-state index contributed by atoms with van der Waals surface area (Å²) < 4.78 is 0. The number of benzene rings is 2. The van der Waals surface area contributed by atoms with Gasteiger partial charge < -0.3 is 10.6 Å². The number of fused-ring (bicyclic) bond motifs is 2. The zero-order chi connectivity index (χ0) is 12.7. The summed E-state index contributed by atoms with van der Waals surface area (Å²) in [4.78, 5) is 0. The number of hydrogen-bond acceptors (Lipinski definition) is 2. The van der Waals surface area contributed by atoms with Gasteiger partial charge in [0.1, 0.15) is 0 Å². The van der Waals surface area contributed by atoms with Crippen molar-refractivity contribution in [3.05, 3.63) is 65.2 Å². The molecule has 2 heteroatoms. The van der Waals surface area contributed by atoms with Crippen LogP contribution >= 0.6 is 0 Å². The number of nitrogens with one attached hydrogen (secondary N) is 2. The molecule has 0 saturated carbocycles. The van der Waals surface area contributed by atoms with E-state index in [9.17, 15) is 0 Å². The first-order chi connectivity index (χ1) is 9.42. The smallest absolute Gasteiger partial charge is 0.0530 e. The van der Waals surface area contributed by atoms with E-state index in [1.165, 1.54) is 35.2 Å². The van der Waals surface area contributed by atoms with Gasteiger partial charge in [-0.15, -0.1) is 0 Å². The van der Waals surface area contributed by atoms with Crippen LogP contribution in [-0.2, 0) is 13.0 Å². The summed E-state index contributed by atoms with van der Waals surface area (Å²) in [5, 5.41) is 7.38. The maximum atomic E-state index is 3.72. The molecule has 0 saturated heterocycles. The maximum Gasteiger partial charge on any atom is 0.0530 e. The van der Waals surface area contributed by atoms with Gasteiger partial charge in [-0.1, -0.05) is 42.5 Å². The van der Waals surface area contributed by atoms with E-state index in [0.29, 0.717) is 12.1 Å². The van der Waals surface area contributed by atoms with E-state index >= 15 is 0 Å². The van der Waals surface area contributed by atoms with E-state index in [1.807, 2.05) is 0 Å². The van der Waals surface area contributed by atoms with Crippen LogP contribution in [0.15, 0.2) is 48.5 Å². The lowest BCUT2D eigenvalue weighted by atomic mass is 9.90. The van der Waals surface area contributed by atoms with Gasteiger partial charge in [0.15, 0.2) is 0 Å². The molecular weight excluding hydrogens is 232 g/mol. The fourth-order valence-electron chi connectivity index (χ4n) is 3.40. The number of rotatable bonds is 1. The van der Waals surface area contributed by atoms with Crippen molar-refractivity contribution in [2.45, 2.75) is 31.5 Å². The fraction of sp³-hybridized carbons (Fsp3) is 0.294. The van der Waals surface area contributed by atoms with Crippen LogP contribution in [0.3, 0.4) is 0 Å². The first-order valence-corrected chi connectivity index (χ1v) is 7.07. The minimum Gasteiger partial charge on any atom is -0.380 e. The molecule has 0 aliphatic carbocycles. The van der Waals surface area contributed by atoms with Crippen LogP contribution in [0, 0.1) is 0 Å². The molecule has 2 aromatic rings. The van der Waals surface area contributed by atoms with E-state index < -0.39 is 0 Å². The highest BCUT2D eigenvalue weighted by Crippen LogP contribution is 2.34. The first kappa shape index (κ1) is 11.1. The van der Waals surface area contributed by atoms with Gasteiger partial charge >= 0.3 is 0 Å². The van der Waals surface area contributed by atoms with Crippen molar-refractivity contribution in [1.29, 1.82) is 0 Å². The average molecular weight is 250 g/mol. The van der Waals surface area contributed by atoms with Gasteiger partial charge in [-0.05, 0) is 35.6 Å². The largest absolute Gasteiger partial charge is 0.380 e. The molecule has 4 rings (SSSR count). The predicted octanol–water partition coefficient (Wildman–Crippen LogP) is 3.26. The van der Waals surface area contributed by atoms with Crippen molar-refractivity contribution in [3.8, 4) is 0 Å². The normalized spacial score (nSPS) is 24.4. The van der Waals surface area contributed by atoms with Gasteiger partial charge in [0.25, 0.3) is 0 Å². The van der Waals surface area contributed by atoms with Crippen molar-refractivity contribution in [1.82, 2.24) is 5.32 Å². The van der Waals surface area contributed by atoms with E-state index in [0.717, 1.165) is 6.54 Å². The molecule has 96 valence electrons. The highest BCUT2D eigenvalue weighted by Gasteiger charge is 2.31. The summed E-state index contributed by atoms with van der Waals surface area (Å²) in [6.45, 7) is 1.00. The van der Waals surface area contributed by atoms with Crippen LogP contribution < -0.4 is 10.6 Å². The zero-order valence-electron chi connectivity index (χ0n) is 10.9. The molecule has 2 aromatic carbocycles. The second kappa shape index (κ2) is 4.39. The third-order valence-corrected chi connectivity index (χ3v) is 4.39. The van der Waals surface area contributed by atoms with Gasteiger partial charge in [-0.25, -0.2) is 0 Å². The lowest BCUT2D eigenvalue weighted by Gasteiger charge is -2.32. The molecule has 2 N–H and O–H groups in total. The fourth-order valence-corrected chi connectivity index (χ4v) is 3.40. The van der Waals surface area contributed by atoms with E-state index in [-0.39, 0.29) is 0 Å². The van der Waals surface area contributed by atoms with Crippen LogP contribution in [0.25, 0.3) is 0 Å². The molecule has 0 aromatic heterocycles. The summed E-state index contributed by atoms with van der Waals surface area (Å²) >= 11 is 0. The first-order valence-electron chi connectivity index (χ1n) is 7.07. The van der Waals surface area contributed by atoms with E-state index in [4.69, 9.17) is 0 Å². The Labute approximate surface area is 113 Å². The molecule has 19 heavy (non-hydrogen) atoms. The SMILES string of the molecule is c1ccc2c(c1)CCC(C1NCc3ccccc31)N2. The second-order valence-corrected chi connectivity index (χ2v) is 5.50. The average Bonchev–Trinajstić information content (AvgIpc) is 2.91. The molecule has 0 fully saturated rings. The standard InChI is InChI=1S/C17H18N2/c1-3-7-14-13(6-1)11-18-17(14)16-10-9-12-5-2-4-8-15(12)19-16/h1-8,16-19H,9-11H2. The summed E-state index contributed by atoms with van der Waals surface area (Å²) in [7, 11) is 0. The Morgan fingerprint density at radius 2 is 1.68 bits per heavy atom. The Hall–Kier alpha value is -1.80. The molecule has 0 spiro atoms. The molecule has 0 amide bonds. The van der Waals surface area contributed by atoms with Gasteiger partial charge in [0.2, 0.25) is 0 Å². The van der Waals surface area contributed by atoms with Crippen molar-refractivity contribution in [3.63, 3.8) is 0 Å². The van der Waals surface area contributed by atoms with Gasteiger partial charge in [-0.2, -0.15) is 0 Å². The monoisotopic (exact) mass is 250 g/mol. The number of anilines is 1. The Balaban J connectivity index is 1.63. The Kier molecular flexibility index (Phi) is 2.56. The Morgan fingerprint density at radius 1 is 0.895 bits per heavy atom.